The Hall–Kier alpha value is -0.770. The van der Waals surface area contributed by atoms with Gasteiger partial charge in [0.25, 0.3) is 0 Å². The molecule has 1 aliphatic heterocycles. The highest BCUT2D eigenvalue weighted by Crippen LogP contribution is 2.33. The van der Waals surface area contributed by atoms with Crippen LogP contribution >= 0.6 is 0 Å². The molecule has 0 aromatic carbocycles. The summed E-state index contributed by atoms with van der Waals surface area (Å²) in [4.78, 5) is 14.4. The monoisotopic (exact) mass is 254 g/mol. The van der Waals surface area contributed by atoms with E-state index < -0.39 is 5.60 Å². The van der Waals surface area contributed by atoms with Gasteiger partial charge in [0.1, 0.15) is 5.60 Å². The van der Waals surface area contributed by atoms with Gasteiger partial charge in [0.15, 0.2) is 0 Å². The molecular weight excluding hydrogens is 228 g/mol. The van der Waals surface area contributed by atoms with E-state index in [1.807, 2.05) is 25.7 Å². The second kappa shape index (κ2) is 5.08. The second-order valence-electron chi connectivity index (χ2n) is 6.65. The van der Waals surface area contributed by atoms with Crippen LogP contribution in [0.25, 0.3) is 0 Å². The van der Waals surface area contributed by atoms with Gasteiger partial charge in [-0.2, -0.15) is 0 Å². The molecule has 2 fully saturated rings. The third-order valence-corrected chi connectivity index (χ3v) is 3.90. The molecule has 0 bridgehead atoms. The molecule has 0 spiro atoms. The highest BCUT2D eigenvalue weighted by Gasteiger charge is 2.40. The Labute approximate surface area is 110 Å². The molecule has 18 heavy (non-hydrogen) atoms. The number of amides is 1. The average molecular weight is 254 g/mol. The van der Waals surface area contributed by atoms with Crippen molar-refractivity contribution in [2.24, 2.45) is 5.92 Å². The van der Waals surface area contributed by atoms with Gasteiger partial charge in [-0.15, -0.1) is 0 Å². The first-order valence-corrected chi connectivity index (χ1v) is 7.10. The van der Waals surface area contributed by atoms with Gasteiger partial charge in [0.2, 0.25) is 0 Å². The Kier molecular flexibility index (Phi) is 3.85. The first-order chi connectivity index (χ1) is 8.38. The molecule has 2 rings (SSSR count). The van der Waals surface area contributed by atoms with Gasteiger partial charge >= 0.3 is 6.09 Å². The van der Waals surface area contributed by atoms with Crippen LogP contribution in [0.4, 0.5) is 4.79 Å². The molecular formula is C14H26N2O2. The second-order valence-corrected chi connectivity index (χ2v) is 6.65. The van der Waals surface area contributed by atoms with Crippen molar-refractivity contribution >= 4 is 6.09 Å². The van der Waals surface area contributed by atoms with Crippen molar-refractivity contribution in [2.75, 3.05) is 13.1 Å². The van der Waals surface area contributed by atoms with E-state index in [-0.39, 0.29) is 12.1 Å². The van der Waals surface area contributed by atoms with E-state index in [4.69, 9.17) is 4.74 Å². The van der Waals surface area contributed by atoms with Crippen molar-refractivity contribution in [3.05, 3.63) is 0 Å². The number of hydrogen-bond acceptors (Lipinski definition) is 3. The molecule has 0 radical (unpaired) electrons. The van der Waals surface area contributed by atoms with Crippen LogP contribution in [0.2, 0.25) is 0 Å². The maximum absolute atomic E-state index is 12.4. The first kappa shape index (κ1) is 13.7. The first-order valence-electron chi connectivity index (χ1n) is 7.10. The molecule has 3 unspecified atom stereocenters. The lowest BCUT2D eigenvalue weighted by molar-refractivity contribution is 0.00594. The normalized spacial score (nSPS) is 32.9. The van der Waals surface area contributed by atoms with Crippen LogP contribution in [0.1, 0.15) is 47.0 Å². The summed E-state index contributed by atoms with van der Waals surface area (Å²) in [6, 6.07) is 0.581. The van der Waals surface area contributed by atoms with Crippen LogP contribution in [0.15, 0.2) is 0 Å². The predicted octanol–water partition coefficient (Wildman–Crippen LogP) is 2.38. The summed E-state index contributed by atoms with van der Waals surface area (Å²) >= 11 is 0. The third kappa shape index (κ3) is 2.97. The van der Waals surface area contributed by atoms with Crippen LogP contribution < -0.4 is 5.32 Å². The Bertz CT molecular complexity index is 311. The van der Waals surface area contributed by atoms with Crippen molar-refractivity contribution in [1.29, 1.82) is 0 Å². The number of carbonyl (C=O) groups is 1. The van der Waals surface area contributed by atoms with E-state index in [2.05, 4.69) is 12.2 Å². The summed E-state index contributed by atoms with van der Waals surface area (Å²) in [5.74, 6) is 0.600. The van der Waals surface area contributed by atoms with Crippen molar-refractivity contribution in [1.82, 2.24) is 10.2 Å². The topological polar surface area (TPSA) is 41.6 Å². The Morgan fingerprint density at radius 3 is 2.67 bits per heavy atom. The van der Waals surface area contributed by atoms with Crippen LogP contribution in [0.3, 0.4) is 0 Å². The van der Waals surface area contributed by atoms with Crippen molar-refractivity contribution in [3.8, 4) is 0 Å². The quantitative estimate of drug-likeness (QED) is 0.721. The number of hydrogen-bond donors (Lipinski definition) is 1. The van der Waals surface area contributed by atoms with E-state index in [9.17, 15) is 4.79 Å². The molecule has 104 valence electrons. The fourth-order valence-corrected chi connectivity index (χ4v) is 3.15. The minimum absolute atomic E-state index is 0.143. The summed E-state index contributed by atoms with van der Waals surface area (Å²) in [5, 5.41) is 3.47. The Balaban J connectivity index is 2.13. The molecule has 1 N–H and O–H groups in total. The molecule has 1 amide bonds. The van der Waals surface area contributed by atoms with E-state index in [0.29, 0.717) is 12.0 Å². The minimum Gasteiger partial charge on any atom is -0.444 e. The van der Waals surface area contributed by atoms with Gasteiger partial charge in [0.05, 0.1) is 0 Å². The van der Waals surface area contributed by atoms with Crippen LogP contribution in [-0.2, 0) is 4.74 Å². The smallest absolute Gasteiger partial charge is 0.410 e. The molecule has 1 saturated heterocycles. The molecule has 0 aromatic heterocycles. The van der Waals surface area contributed by atoms with E-state index in [1.54, 1.807) is 0 Å². The number of rotatable bonds is 0. The molecule has 1 heterocycles. The summed E-state index contributed by atoms with van der Waals surface area (Å²) in [6.07, 6.45) is 3.43. The number of nitrogens with one attached hydrogen (secondary N) is 1. The van der Waals surface area contributed by atoms with Crippen LogP contribution in [0.5, 0.6) is 0 Å². The van der Waals surface area contributed by atoms with Gasteiger partial charge in [0, 0.05) is 25.2 Å². The Morgan fingerprint density at radius 2 is 2.00 bits per heavy atom. The molecule has 1 aliphatic carbocycles. The van der Waals surface area contributed by atoms with Gasteiger partial charge in [-0.25, -0.2) is 4.79 Å². The van der Waals surface area contributed by atoms with E-state index >= 15 is 0 Å². The van der Waals surface area contributed by atoms with Crippen molar-refractivity contribution in [3.63, 3.8) is 0 Å². The zero-order chi connectivity index (χ0) is 13.3. The number of nitrogens with zero attached hydrogens (tertiary/aromatic N) is 1. The fourth-order valence-electron chi connectivity index (χ4n) is 3.15. The van der Waals surface area contributed by atoms with E-state index in [1.165, 1.54) is 12.8 Å². The molecule has 2 aliphatic rings. The maximum Gasteiger partial charge on any atom is 0.410 e. The zero-order valence-corrected chi connectivity index (χ0v) is 12.0. The standard InChI is InChI=1S/C14H26N2O2/c1-10-8-15-9-11-6-5-7-12(11)16(10)13(17)18-14(2,3)4/h10-12,15H,5-9H2,1-4H3. The SMILES string of the molecule is CC1CNCC2CCCC2N1C(=O)OC(C)(C)C. The summed E-state index contributed by atoms with van der Waals surface area (Å²) < 4.78 is 5.57. The van der Waals surface area contributed by atoms with Gasteiger partial charge in [-0.05, 0) is 46.5 Å². The largest absolute Gasteiger partial charge is 0.444 e. The molecule has 1 saturated carbocycles. The maximum atomic E-state index is 12.4. The minimum atomic E-state index is -0.412. The fraction of sp³-hybridized carbons (Fsp3) is 0.929. The highest BCUT2D eigenvalue weighted by atomic mass is 16.6. The summed E-state index contributed by atoms with van der Waals surface area (Å²) in [6.45, 7) is 9.80. The molecule has 0 aromatic rings. The molecule has 4 heteroatoms. The lowest BCUT2D eigenvalue weighted by Crippen LogP contribution is -2.49. The van der Waals surface area contributed by atoms with Crippen molar-refractivity contribution < 1.29 is 9.53 Å². The zero-order valence-electron chi connectivity index (χ0n) is 12.0. The average Bonchev–Trinajstić information content (AvgIpc) is 2.58. The van der Waals surface area contributed by atoms with E-state index in [0.717, 1.165) is 19.5 Å². The van der Waals surface area contributed by atoms with Crippen molar-refractivity contribution in [2.45, 2.75) is 64.6 Å². The number of fused-ring (bicyclic) bond motifs is 1. The number of carbonyl (C=O) groups excluding carboxylic acids is 1. The molecule has 3 atom stereocenters. The number of ether oxygens (including phenoxy) is 1. The summed E-state index contributed by atoms with van der Waals surface area (Å²) in [7, 11) is 0. The predicted molar refractivity (Wildman–Crippen MR) is 71.5 cm³/mol. The highest BCUT2D eigenvalue weighted by molar-refractivity contribution is 5.69. The Morgan fingerprint density at radius 1 is 1.28 bits per heavy atom. The lowest BCUT2D eigenvalue weighted by atomic mass is 10.0. The van der Waals surface area contributed by atoms with Gasteiger partial charge < -0.3 is 15.0 Å². The van der Waals surface area contributed by atoms with Crippen LogP contribution in [0, 0.1) is 5.92 Å². The van der Waals surface area contributed by atoms with Crippen LogP contribution in [-0.4, -0.2) is 41.8 Å². The van der Waals surface area contributed by atoms with Gasteiger partial charge in [-0.1, -0.05) is 6.42 Å². The summed E-state index contributed by atoms with van der Waals surface area (Å²) in [5.41, 5.74) is -0.412. The van der Waals surface area contributed by atoms with Gasteiger partial charge in [-0.3, -0.25) is 0 Å². The lowest BCUT2D eigenvalue weighted by Gasteiger charge is -2.36. The molecule has 4 nitrogen and oxygen atoms in total. The third-order valence-electron chi connectivity index (χ3n) is 3.90.